The fourth-order valence-electron chi connectivity index (χ4n) is 2.32. The van der Waals surface area contributed by atoms with E-state index in [2.05, 4.69) is 16.9 Å². The normalized spacial score (nSPS) is 21.4. The van der Waals surface area contributed by atoms with Crippen LogP contribution in [0.25, 0.3) is 0 Å². The van der Waals surface area contributed by atoms with E-state index in [1.54, 1.807) is 6.20 Å². The van der Waals surface area contributed by atoms with E-state index in [0.29, 0.717) is 18.3 Å². The summed E-state index contributed by atoms with van der Waals surface area (Å²) in [5, 5.41) is 0. The second kappa shape index (κ2) is 5.98. The highest BCUT2D eigenvalue weighted by Crippen LogP contribution is 2.18. The molecule has 4 nitrogen and oxygen atoms in total. The molecular formula is C13H21N3O. The number of hydrogen-bond donors (Lipinski definition) is 1. The van der Waals surface area contributed by atoms with Crippen LogP contribution >= 0.6 is 0 Å². The largest absolute Gasteiger partial charge is 0.477 e. The summed E-state index contributed by atoms with van der Waals surface area (Å²) in [5.74, 6) is 1.31. The first kappa shape index (κ1) is 12.3. The van der Waals surface area contributed by atoms with Crippen molar-refractivity contribution >= 4 is 0 Å². The lowest BCUT2D eigenvalue weighted by atomic mass is 10.00. The first-order valence-corrected chi connectivity index (χ1v) is 6.25. The van der Waals surface area contributed by atoms with Gasteiger partial charge >= 0.3 is 0 Å². The molecule has 0 saturated carbocycles. The van der Waals surface area contributed by atoms with E-state index in [-0.39, 0.29) is 0 Å². The standard InChI is InChI=1S/C13H21N3O/c1-16-7-3-4-11(9-16)10-17-13-12(8-14)5-2-6-15-13/h2,5-6,11H,3-4,7-10,14H2,1H3. The molecule has 1 aromatic rings. The lowest BCUT2D eigenvalue weighted by Crippen LogP contribution is -2.34. The maximum atomic E-state index is 5.80. The topological polar surface area (TPSA) is 51.4 Å². The van der Waals surface area contributed by atoms with E-state index < -0.39 is 0 Å². The number of nitrogens with zero attached hydrogens (tertiary/aromatic N) is 2. The Hall–Kier alpha value is -1.13. The molecule has 0 aromatic carbocycles. The van der Waals surface area contributed by atoms with Crippen LogP contribution in [-0.4, -0.2) is 36.6 Å². The van der Waals surface area contributed by atoms with Gasteiger partial charge in [0.2, 0.25) is 5.88 Å². The van der Waals surface area contributed by atoms with Crippen LogP contribution in [0.3, 0.4) is 0 Å². The molecule has 1 aromatic heterocycles. The summed E-state index contributed by atoms with van der Waals surface area (Å²) in [5.41, 5.74) is 6.64. The molecule has 1 unspecified atom stereocenters. The molecule has 2 rings (SSSR count). The molecule has 0 bridgehead atoms. The minimum atomic E-state index is 0.480. The predicted octanol–water partition coefficient (Wildman–Crippen LogP) is 1.26. The first-order valence-electron chi connectivity index (χ1n) is 6.25. The Morgan fingerprint density at radius 1 is 1.59 bits per heavy atom. The van der Waals surface area contributed by atoms with Crippen LogP contribution in [0.1, 0.15) is 18.4 Å². The summed E-state index contributed by atoms with van der Waals surface area (Å²) in [6.45, 7) is 3.54. The zero-order valence-corrected chi connectivity index (χ0v) is 10.4. The quantitative estimate of drug-likeness (QED) is 0.853. The summed E-state index contributed by atoms with van der Waals surface area (Å²) in [7, 11) is 2.16. The highest BCUT2D eigenvalue weighted by Gasteiger charge is 2.18. The van der Waals surface area contributed by atoms with Gasteiger partial charge in [-0.2, -0.15) is 0 Å². The van der Waals surface area contributed by atoms with Crippen LogP contribution in [0.5, 0.6) is 5.88 Å². The summed E-state index contributed by atoms with van der Waals surface area (Å²) in [6, 6.07) is 3.86. The molecule has 17 heavy (non-hydrogen) atoms. The van der Waals surface area contributed by atoms with E-state index in [1.807, 2.05) is 12.1 Å². The van der Waals surface area contributed by atoms with Crippen molar-refractivity contribution in [2.24, 2.45) is 11.7 Å². The zero-order chi connectivity index (χ0) is 12.1. The van der Waals surface area contributed by atoms with Gasteiger partial charge in [-0.15, -0.1) is 0 Å². The van der Waals surface area contributed by atoms with Crippen LogP contribution in [0.15, 0.2) is 18.3 Å². The summed E-state index contributed by atoms with van der Waals surface area (Å²) in [4.78, 5) is 6.60. The van der Waals surface area contributed by atoms with Crippen molar-refractivity contribution in [3.8, 4) is 5.88 Å². The number of hydrogen-bond acceptors (Lipinski definition) is 4. The fraction of sp³-hybridized carbons (Fsp3) is 0.615. The highest BCUT2D eigenvalue weighted by atomic mass is 16.5. The molecule has 1 atom stereocenters. The molecule has 94 valence electrons. The number of ether oxygens (including phenoxy) is 1. The van der Waals surface area contributed by atoms with E-state index >= 15 is 0 Å². The zero-order valence-electron chi connectivity index (χ0n) is 10.4. The Morgan fingerprint density at radius 2 is 2.47 bits per heavy atom. The van der Waals surface area contributed by atoms with E-state index in [9.17, 15) is 0 Å². The van der Waals surface area contributed by atoms with Gasteiger partial charge in [-0.3, -0.25) is 0 Å². The summed E-state index contributed by atoms with van der Waals surface area (Å²) >= 11 is 0. The van der Waals surface area contributed by atoms with Gasteiger partial charge < -0.3 is 15.4 Å². The Bertz CT molecular complexity index is 356. The van der Waals surface area contributed by atoms with Crippen LogP contribution in [0.2, 0.25) is 0 Å². The van der Waals surface area contributed by atoms with Gasteiger partial charge in [0.15, 0.2) is 0 Å². The van der Waals surface area contributed by atoms with Crippen LogP contribution < -0.4 is 10.5 Å². The minimum Gasteiger partial charge on any atom is -0.477 e. The average molecular weight is 235 g/mol. The number of pyridine rings is 1. The molecule has 0 amide bonds. The predicted molar refractivity (Wildman–Crippen MR) is 67.8 cm³/mol. The highest BCUT2D eigenvalue weighted by molar-refractivity contribution is 5.24. The minimum absolute atomic E-state index is 0.480. The molecule has 1 fully saturated rings. The van der Waals surface area contributed by atoms with E-state index in [0.717, 1.165) is 18.7 Å². The Morgan fingerprint density at radius 3 is 3.24 bits per heavy atom. The second-order valence-corrected chi connectivity index (χ2v) is 4.75. The lowest BCUT2D eigenvalue weighted by molar-refractivity contribution is 0.147. The lowest BCUT2D eigenvalue weighted by Gasteiger charge is -2.29. The number of nitrogens with two attached hydrogens (primary N) is 1. The molecule has 4 heteroatoms. The third kappa shape index (κ3) is 3.41. The second-order valence-electron chi connectivity index (χ2n) is 4.75. The fourth-order valence-corrected chi connectivity index (χ4v) is 2.32. The molecule has 1 saturated heterocycles. The number of rotatable bonds is 4. The first-order chi connectivity index (χ1) is 8.29. The number of piperidine rings is 1. The van der Waals surface area contributed by atoms with Crippen molar-refractivity contribution in [1.29, 1.82) is 0 Å². The number of aromatic nitrogens is 1. The van der Waals surface area contributed by atoms with Crippen molar-refractivity contribution in [1.82, 2.24) is 9.88 Å². The van der Waals surface area contributed by atoms with Gasteiger partial charge in [0.05, 0.1) is 6.61 Å². The summed E-state index contributed by atoms with van der Waals surface area (Å²) in [6.07, 6.45) is 4.26. The van der Waals surface area contributed by atoms with Crippen LogP contribution in [0, 0.1) is 5.92 Å². The SMILES string of the molecule is CN1CCCC(COc2ncccc2CN)C1. The van der Waals surface area contributed by atoms with Crippen LogP contribution in [0.4, 0.5) is 0 Å². The Balaban J connectivity index is 1.88. The van der Waals surface area contributed by atoms with Crippen molar-refractivity contribution in [2.45, 2.75) is 19.4 Å². The smallest absolute Gasteiger partial charge is 0.217 e. The van der Waals surface area contributed by atoms with Crippen molar-refractivity contribution < 1.29 is 4.74 Å². The van der Waals surface area contributed by atoms with Crippen molar-refractivity contribution in [2.75, 3.05) is 26.7 Å². The maximum absolute atomic E-state index is 5.80. The Labute approximate surface area is 103 Å². The summed E-state index contributed by atoms with van der Waals surface area (Å²) < 4.78 is 5.80. The van der Waals surface area contributed by atoms with Gasteiger partial charge in [-0.05, 0) is 32.5 Å². The van der Waals surface area contributed by atoms with Crippen molar-refractivity contribution in [3.63, 3.8) is 0 Å². The van der Waals surface area contributed by atoms with Gasteiger partial charge in [0.1, 0.15) is 0 Å². The number of likely N-dealkylation sites (tertiary alicyclic amines) is 1. The molecular weight excluding hydrogens is 214 g/mol. The van der Waals surface area contributed by atoms with E-state index in [4.69, 9.17) is 10.5 Å². The Kier molecular flexibility index (Phi) is 4.34. The molecule has 0 aliphatic carbocycles. The maximum Gasteiger partial charge on any atom is 0.217 e. The van der Waals surface area contributed by atoms with Gasteiger partial charge in [0.25, 0.3) is 0 Å². The third-order valence-electron chi connectivity index (χ3n) is 3.25. The van der Waals surface area contributed by atoms with Gasteiger partial charge in [0, 0.05) is 30.8 Å². The molecule has 1 aliphatic rings. The molecule has 0 spiro atoms. The molecule has 2 N–H and O–H groups in total. The van der Waals surface area contributed by atoms with Gasteiger partial charge in [-0.1, -0.05) is 6.07 Å². The van der Waals surface area contributed by atoms with Crippen LogP contribution in [-0.2, 0) is 6.54 Å². The third-order valence-corrected chi connectivity index (χ3v) is 3.25. The molecule has 1 aliphatic heterocycles. The average Bonchev–Trinajstić information content (AvgIpc) is 2.37. The molecule has 2 heterocycles. The van der Waals surface area contributed by atoms with Gasteiger partial charge in [-0.25, -0.2) is 4.98 Å². The van der Waals surface area contributed by atoms with Crippen molar-refractivity contribution in [3.05, 3.63) is 23.9 Å². The molecule has 0 radical (unpaired) electrons. The monoisotopic (exact) mass is 235 g/mol. The van der Waals surface area contributed by atoms with E-state index in [1.165, 1.54) is 19.4 Å².